The van der Waals surface area contributed by atoms with E-state index in [0.29, 0.717) is 32.0 Å². The van der Waals surface area contributed by atoms with Gasteiger partial charge in [-0.25, -0.2) is 14.3 Å². The van der Waals surface area contributed by atoms with Gasteiger partial charge in [-0.1, -0.05) is 18.2 Å². The third-order valence-corrected chi connectivity index (χ3v) is 5.97. The van der Waals surface area contributed by atoms with E-state index in [2.05, 4.69) is 20.4 Å². The molecule has 0 unspecified atom stereocenters. The molecular weight excluding hydrogens is 450 g/mol. The molecule has 3 heterocycles. The number of nitrogens with one attached hydrogen (secondary N) is 1. The molecule has 2 amide bonds. The van der Waals surface area contributed by atoms with E-state index in [9.17, 15) is 14.4 Å². The van der Waals surface area contributed by atoms with Gasteiger partial charge in [-0.2, -0.15) is 4.98 Å². The highest BCUT2D eigenvalue weighted by molar-refractivity contribution is 5.93. The van der Waals surface area contributed by atoms with E-state index in [-0.39, 0.29) is 24.2 Å². The van der Waals surface area contributed by atoms with Gasteiger partial charge in [0.25, 0.3) is 17.5 Å². The van der Waals surface area contributed by atoms with Crippen molar-refractivity contribution in [1.29, 1.82) is 0 Å². The maximum Gasteiger partial charge on any atom is 0.378 e. The number of hydrogen-bond donors (Lipinski definition) is 1. The Bertz CT molecular complexity index is 1260. The Labute approximate surface area is 203 Å². The number of aryl methyl sites for hydroxylation is 4. The van der Waals surface area contributed by atoms with E-state index >= 15 is 0 Å². The molecule has 1 saturated heterocycles. The van der Waals surface area contributed by atoms with Crippen LogP contribution in [-0.2, 0) is 14.3 Å². The lowest BCUT2D eigenvalue weighted by molar-refractivity contribution is -0.136. The third-order valence-electron chi connectivity index (χ3n) is 5.97. The van der Waals surface area contributed by atoms with Gasteiger partial charge in [0.2, 0.25) is 5.91 Å². The normalized spacial score (nSPS) is 14.2. The molecule has 3 aromatic rings. The zero-order valence-electron chi connectivity index (χ0n) is 20.4. The average Bonchev–Trinajstić information content (AvgIpc) is 3.25. The van der Waals surface area contributed by atoms with E-state index < -0.39 is 12.6 Å². The van der Waals surface area contributed by atoms with Gasteiger partial charge in [0.1, 0.15) is 0 Å². The number of nitrogens with zero attached hydrogens (tertiary/aromatic N) is 6. The first-order valence-electron chi connectivity index (χ1n) is 11.5. The molecule has 1 fully saturated rings. The van der Waals surface area contributed by atoms with Gasteiger partial charge < -0.3 is 15.0 Å². The van der Waals surface area contributed by atoms with Crippen molar-refractivity contribution in [3.05, 3.63) is 52.6 Å². The van der Waals surface area contributed by atoms with Gasteiger partial charge in [0.05, 0.1) is 6.54 Å². The molecule has 11 nitrogen and oxygen atoms in total. The molecule has 0 bridgehead atoms. The van der Waals surface area contributed by atoms with Crippen molar-refractivity contribution in [3.63, 3.8) is 0 Å². The van der Waals surface area contributed by atoms with Crippen LogP contribution in [0.4, 0.5) is 5.69 Å². The number of ether oxygens (including phenoxy) is 1. The predicted molar refractivity (Wildman–Crippen MR) is 128 cm³/mol. The smallest absolute Gasteiger partial charge is 0.378 e. The summed E-state index contributed by atoms with van der Waals surface area (Å²) in [5, 5.41) is 7.11. The van der Waals surface area contributed by atoms with E-state index in [1.807, 2.05) is 56.9 Å². The molecule has 0 radical (unpaired) electrons. The Morgan fingerprint density at radius 1 is 1.00 bits per heavy atom. The minimum absolute atomic E-state index is 0.0871. The SMILES string of the molecule is Cc1cc(C)n2nc(C(=O)OCC(=O)N3CCN(CC(=O)Nc4c(C)cccc4C)CC3)nc2n1. The lowest BCUT2D eigenvalue weighted by Gasteiger charge is -2.34. The number of carbonyl (C=O) groups excluding carboxylic acids is 3. The van der Waals surface area contributed by atoms with Gasteiger partial charge in [-0.05, 0) is 44.9 Å². The molecule has 35 heavy (non-hydrogen) atoms. The minimum Gasteiger partial charge on any atom is -0.450 e. The van der Waals surface area contributed by atoms with E-state index in [4.69, 9.17) is 4.74 Å². The predicted octanol–water partition coefficient (Wildman–Crippen LogP) is 1.30. The van der Waals surface area contributed by atoms with Gasteiger partial charge in [-0.3, -0.25) is 14.5 Å². The molecule has 184 valence electrons. The van der Waals surface area contributed by atoms with E-state index in [1.54, 1.807) is 4.90 Å². The summed E-state index contributed by atoms with van der Waals surface area (Å²) in [7, 11) is 0. The Morgan fingerprint density at radius 3 is 2.37 bits per heavy atom. The summed E-state index contributed by atoms with van der Waals surface area (Å²) in [4.78, 5) is 49.4. The van der Waals surface area contributed by atoms with Crippen LogP contribution in [0.3, 0.4) is 0 Å². The van der Waals surface area contributed by atoms with Gasteiger partial charge in [0, 0.05) is 43.3 Å². The first-order chi connectivity index (χ1) is 16.7. The van der Waals surface area contributed by atoms with Crippen molar-refractivity contribution in [3.8, 4) is 0 Å². The zero-order valence-corrected chi connectivity index (χ0v) is 20.4. The zero-order chi connectivity index (χ0) is 25.1. The lowest BCUT2D eigenvalue weighted by atomic mass is 10.1. The highest BCUT2D eigenvalue weighted by atomic mass is 16.5. The molecule has 0 saturated carbocycles. The molecule has 1 aliphatic rings. The van der Waals surface area contributed by atoms with Crippen LogP contribution in [0, 0.1) is 27.7 Å². The fraction of sp³-hybridized carbons (Fsp3) is 0.417. The molecule has 1 N–H and O–H groups in total. The van der Waals surface area contributed by atoms with Crippen LogP contribution < -0.4 is 5.32 Å². The number of aromatic nitrogens is 4. The number of benzene rings is 1. The van der Waals surface area contributed by atoms with E-state index in [1.165, 1.54) is 4.52 Å². The van der Waals surface area contributed by atoms with Crippen LogP contribution >= 0.6 is 0 Å². The number of hydrogen-bond acceptors (Lipinski definition) is 8. The highest BCUT2D eigenvalue weighted by Crippen LogP contribution is 2.19. The second-order valence-electron chi connectivity index (χ2n) is 8.73. The molecule has 4 rings (SSSR count). The van der Waals surface area contributed by atoms with Crippen LogP contribution in [0.25, 0.3) is 5.78 Å². The fourth-order valence-corrected chi connectivity index (χ4v) is 4.08. The summed E-state index contributed by atoms with van der Waals surface area (Å²) in [6, 6.07) is 7.71. The summed E-state index contributed by atoms with van der Waals surface area (Å²) in [6.45, 7) is 9.44. The molecule has 11 heteroatoms. The third kappa shape index (κ3) is 5.62. The van der Waals surface area contributed by atoms with Crippen molar-refractivity contribution in [1.82, 2.24) is 29.4 Å². The Hall–Kier alpha value is -3.86. The van der Waals surface area contributed by atoms with E-state index in [0.717, 1.165) is 28.2 Å². The maximum atomic E-state index is 12.5. The van der Waals surface area contributed by atoms with Crippen LogP contribution in [0.15, 0.2) is 24.3 Å². The summed E-state index contributed by atoms with van der Waals surface area (Å²) < 4.78 is 6.61. The monoisotopic (exact) mass is 479 g/mol. The van der Waals surface area contributed by atoms with Gasteiger partial charge in [-0.15, -0.1) is 5.10 Å². The summed E-state index contributed by atoms with van der Waals surface area (Å²) >= 11 is 0. The summed E-state index contributed by atoms with van der Waals surface area (Å²) in [5.74, 6) is -0.997. The number of carbonyl (C=O) groups is 3. The van der Waals surface area contributed by atoms with Crippen molar-refractivity contribution in [2.24, 2.45) is 0 Å². The Kier molecular flexibility index (Phi) is 7.06. The van der Waals surface area contributed by atoms with Crippen LogP contribution in [0.5, 0.6) is 0 Å². The maximum absolute atomic E-state index is 12.5. The largest absolute Gasteiger partial charge is 0.450 e. The molecule has 2 aromatic heterocycles. The number of anilines is 1. The van der Waals surface area contributed by atoms with Crippen LogP contribution in [0.1, 0.15) is 33.1 Å². The second-order valence-corrected chi connectivity index (χ2v) is 8.73. The molecular formula is C24H29N7O4. The topological polar surface area (TPSA) is 122 Å². The molecule has 1 aromatic carbocycles. The van der Waals surface area contributed by atoms with Crippen LogP contribution in [-0.4, -0.2) is 86.5 Å². The standard InChI is InChI=1S/C24H29N7O4/c1-15-6-5-7-16(2)21(15)26-19(32)13-29-8-10-30(11-9-29)20(33)14-35-23(34)22-27-24-25-17(3)12-18(4)31(24)28-22/h5-7,12H,8-11,13-14H2,1-4H3,(H,26,32). The minimum atomic E-state index is -0.775. The summed E-state index contributed by atoms with van der Waals surface area (Å²) in [6.07, 6.45) is 0. The Balaban J connectivity index is 1.24. The first-order valence-corrected chi connectivity index (χ1v) is 11.5. The van der Waals surface area contributed by atoms with Gasteiger partial charge >= 0.3 is 5.97 Å². The molecule has 0 spiro atoms. The summed E-state index contributed by atoms with van der Waals surface area (Å²) in [5.41, 5.74) is 4.43. The van der Waals surface area contributed by atoms with Crippen molar-refractivity contribution >= 4 is 29.2 Å². The number of fused-ring (bicyclic) bond motifs is 1. The number of esters is 1. The van der Waals surface area contributed by atoms with Crippen molar-refractivity contribution in [2.75, 3.05) is 44.6 Å². The van der Waals surface area contributed by atoms with Crippen molar-refractivity contribution < 1.29 is 19.1 Å². The molecule has 0 atom stereocenters. The average molecular weight is 480 g/mol. The first kappa shape index (κ1) is 24.3. The number of piperazine rings is 1. The molecule has 0 aliphatic carbocycles. The van der Waals surface area contributed by atoms with Gasteiger partial charge in [0.15, 0.2) is 6.61 Å². The highest BCUT2D eigenvalue weighted by Gasteiger charge is 2.24. The quantitative estimate of drug-likeness (QED) is 0.525. The number of para-hydroxylation sites is 1. The number of rotatable bonds is 6. The fourth-order valence-electron chi connectivity index (χ4n) is 4.08. The lowest BCUT2D eigenvalue weighted by Crippen LogP contribution is -2.51. The van der Waals surface area contributed by atoms with Crippen molar-refractivity contribution in [2.45, 2.75) is 27.7 Å². The second kappa shape index (κ2) is 10.2. The molecule has 1 aliphatic heterocycles. The van der Waals surface area contributed by atoms with Crippen LogP contribution in [0.2, 0.25) is 0 Å². The number of amides is 2. The Morgan fingerprint density at radius 2 is 1.69 bits per heavy atom.